The number of amides is 2. The van der Waals surface area contributed by atoms with Gasteiger partial charge in [-0.2, -0.15) is 0 Å². The van der Waals surface area contributed by atoms with Gasteiger partial charge in [-0.1, -0.05) is 0 Å². The molecule has 0 unspecified atom stereocenters. The van der Waals surface area contributed by atoms with Crippen LogP contribution in [0.15, 0.2) is 0 Å². The summed E-state index contributed by atoms with van der Waals surface area (Å²) < 4.78 is 0. The topological polar surface area (TPSA) is 110 Å². The highest BCUT2D eigenvalue weighted by Crippen LogP contribution is 2.24. The number of carboxylic acids is 1. The molecule has 1 saturated carbocycles. The lowest BCUT2D eigenvalue weighted by atomic mass is 9.92. The van der Waals surface area contributed by atoms with Crippen molar-refractivity contribution in [3.63, 3.8) is 0 Å². The van der Waals surface area contributed by atoms with Gasteiger partial charge in [0.2, 0.25) is 0 Å². The summed E-state index contributed by atoms with van der Waals surface area (Å²) in [5, 5.41) is 29.0. The molecule has 0 aromatic carbocycles. The van der Waals surface area contributed by atoms with Crippen molar-refractivity contribution in [1.82, 2.24) is 10.2 Å². The summed E-state index contributed by atoms with van der Waals surface area (Å²) >= 11 is 0. The smallest absolute Gasteiger partial charge is 0.332 e. The average molecular weight is 260 g/mol. The van der Waals surface area contributed by atoms with Gasteiger partial charge in [0, 0.05) is 25.6 Å². The summed E-state index contributed by atoms with van der Waals surface area (Å²) in [6.07, 6.45) is 1.47. The number of carbonyl (C=O) groups excluding carboxylic acids is 1. The number of hydrogen-bond donors (Lipinski definition) is 4. The first-order valence-corrected chi connectivity index (χ1v) is 6.12. The molecule has 1 atom stereocenters. The van der Waals surface area contributed by atoms with E-state index in [4.69, 9.17) is 15.3 Å². The zero-order valence-corrected chi connectivity index (χ0v) is 10.2. The van der Waals surface area contributed by atoms with Gasteiger partial charge in [-0.05, 0) is 19.3 Å². The van der Waals surface area contributed by atoms with Crippen molar-refractivity contribution in [1.29, 1.82) is 0 Å². The van der Waals surface area contributed by atoms with E-state index in [1.54, 1.807) is 4.90 Å². The average Bonchev–Trinajstić information content (AvgIpc) is 2.25. The first-order chi connectivity index (χ1) is 8.56. The maximum atomic E-state index is 11.8. The molecule has 2 amide bonds. The van der Waals surface area contributed by atoms with E-state index in [-0.39, 0.29) is 38.2 Å². The third-order valence-electron chi connectivity index (χ3n) is 3.10. The first kappa shape index (κ1) is 14.7. The Kier molecular flexibility index (Phi) is 5.87. The summed E-state index contributed by atoms with van der Waals surface area (Å²) in [5.41, 5.74) is 0. The number of hydrogen-bond acceptors (Lipinski definition) is 4. The molecule has 0 saturated heterocycles. The molecule has 0 bridgehead atoms. The van der Waals surface area contributed by atoms with E-state index < -0.39 is 12.1 Å². The highest BCUT2D eigenvalue weighted by molar-refractivity contribution is 5.75. The van der Waals surface area contributed by atoms with E-state index in [0.717, 1.165) is 19.3 Å². The molecule has 4 N–H and O–H groups in total. The van der Waals surface area contributed by atoms with Gasteiger partial charge in [0.1, 0.15) is 0 Å². The van der Waals surface area contributed by atoms with Crippen molar-refractivity contribution in [3.8, 4) is 0 Å². The number of aliphatic hydroxyl groups excluding tert-OH is 2. The molecule has 0 radical (unpaired) electrons. The number of carboxylic acid groups (broad SMARTS) is 1. The predicted molar refractivity (Wildman–Crippen MR) is 63.1 cm³/mol. The second-order valence-corrected chi connectivity index (χ2v) is 4.38. The van der Waals surface area contributed by atoms with Crippen LogP contribution >= 0.6 is 0 Å². The minimum atomic E-state index is -1.46. The number of carbonyl (C=O) groups is 2. The maximum absolute atomic E-state index is 11.8. The van der Waals surface area contributed by atoms with Crippen molar-refractivity contribution in [3.05, 3.63) is 0 Å². The summed E-state index contributed by atoms with van der Waals surface area (Å²) in [6.45, 7) is 0.278. The fourth-order valence-electron chi connectivity index (χ4n) is 1.80. The van der Waals surface area contributed by atoms with Crippen LogP contribution in [0.25, 0.3) is 0 Å². The zero-order valence-electron chi connectivity index (χ0n) is 10.2. The van der Waals surface area contributed by atoms with Crippen LogP contribution in [0.4, 0.5) is 4.79 Å². The van der Waals surface area contributed by atoms with Crippen molar-refractivity contribution in [2.75, 3.05) is 19.7 Å². The number of urea groups is 1. The Morgan fingerprint density at radius 2 is 2.06 bits per heavy atom. The molecule has 104 valence electrons. The lowest BCUT2D eigenvalue weighted by Gasteiger charge is -2.37. The van der Waals surface area contributed by atoms with Gasteiger partial charge >= 0.3 is 12.0 Å². The van der Waals surface area contributed by atoms with Crippen LogP contribution in [0.3, 0.4) is 0 Å². The second kappa shape index (κ2) is 7.17. The maximum Gasteiger partial charge on any atom is 0.332 e. The van der Waals surface area contributed by atoms with E-state index >= 15 is 0 Å². The quantitative estimate of drug-likeness (QED) is 0.487. The van der Waals surface area contributed by atoms with Gasteiger partial charge in [0.25, 0.3) is 0 Å². The van der Waals surface area contributed by atoms with Crippen LogP contribution in [0.2, 0.25) is 0 Å². The van der Waals surface area contributed by atoms with E-state index in [1.165, 1.54) is 0 Å². The molecule has 0 heterocycles. The van der Waals surface area contributed by atoms with E-state index in [1.807, 2.05) is 0 Å². The molecule has 0 aliphatic heterocycles. The Hall–Kier alpha value is -1.34. The third kappa shape index (κ3) is 4.15. The van der Waals surface area contributed by atoms with Crippen LogP contribution in [0.1, 0.15) is 25.7 Å². The standard InChI is InChI=1S/C11H20N2O5/c14-7-6-13(8-2-1-3-8)11(18)12-5-4-9(15)10(16)17/h8-9,14-15H,1-7H2,(H,12,18)(H,16,17)/t9-/m0/s1. The molecule has 1 fully saturated rings. The minimum Gasteiger partial charge on any atom is -0.479 e. The predicted octanol–water partition coefficient (Wildman–Crippen LogP) is -0.622. The number of nitrogens with zero attached hydrogens (tertiary/aromatic N) is 1. The van der Waals surface area contributed by atoms with Crippen molar-refractivity contribution >= 4 is 12.0 Å². The van der Waals surface area contributed by atoms with Gasteiger partial charge in [0.05, 0.1) is 6.61 Å². The van der Waals surface area contributed by atoms with E-state index in [0.29, 0.717) is 0 Å². The number of aliphatic carboxylic acids is 1. The van der Waals surface area contributed by atoms with Gasteiger partial charge in [-0.3, -0.25) is 0 Å². The van der Waals surface area contributed by atoms with Gasteiger partial charge in [0.15, 0.2) is 6.10 Å². The molecule has 1 rings (SSSR count). The molecule has 0 aromatic heterocycles. The van der Waals surface area contributed by atoms with Crippen LogP contribution in [-0.4, -0.2) is 64.1 Å². The van der Waals surface area contributed by atoms with Crippen molar-refractivity contribution in [2.45, 2.75) is 37.8 Å². The molecule has 7 nitrogen and oxygen atoms in total. The van der Waals surface area contributed by atoms with Gasteiger partial charge < -0.3 is 25.5 Å². The van der Waals surface area contributed by atoms with Crippen LogP contribution < -0.4 is 5.32 Å². The molecule has 0 aromatic rings. The Morgan fingerprint density at radius 3 is 2.50 bits per heavy atom. The Bertz CT molecular complexity index is 293. The highest BCUT2D eigenvalue weighted by atomic mass is 16.4. The lowest BCUT2D eigenvalue weighted by Crippen LogP contribution is -2.50. The molecular weight excluding hydrogens is 240 g/mol. The molecule has 7 heteroatoms. The molecule has 1 aliphatic carbocycles. The normalized spacial score (nSPS) is 16.8. The third-order valence-corrected chi connectivity index (χ3v) is 3.10. The van der Waals surface area contributed by atoms with E-state index in [2.05, 4.69) is 5.32 Å². The highest BCUT2D eigenvalue weighted by Gasteiger charge is 2.28. The minimum absolute atomic E-state index is 0.0291. The first-order valence-electron chi connectivity index (χ1n) is 6.12. The fraction of sp³-hybridized carbons (Fsp3) is 0.818. The summed E-state index contributed by atoms with van der Waals surface area (Å²) in [7, 11) is 0. The molecular formula is C11H20N2O5. The van der Waals surface area contributed by atoms with E-state index in [9.17, 15) is 9.59 Å². The second-order valence-electron chi connectivity index (χ2n) is 4.38. The van der Waals surface area contributed by atoms with Crippen molar-refractivity contribution < 1.29 is 24.9 Å². The van der Waals surface area contributed by atoms with Gasteiger partial charge in [-0.25, -0.2) is 9.59 Å². The van der Waals surface area contributed by atoms with Crippen LogP contribution in [-0.2, 0) is 4.79 Å². The monoisotopic (exact) mass is 260 g/mol. The summed E-state index contributed by atoms with van der Waals surface area (Å²) in [4.78, 5) is 23.7. The molecule has 0 spiro atoms. The van der Waals surface area contributed by atoms with Crippen LogP contribution in [0.5, 0.6) is 0 Å². The fourth-order valence-corrected chi connectivity index (χ4v) is 1.80. The summed E-state index contributed by atoms with van der Waals surface area (Å²) in [5.74, 6) is -1.30. The number of rotatable bonds is 7. The SMILES string of the molecule is O=C(O)[C@@H](O)CCNC(=O)N(CCO)C1CCC1. The number of nitrogens with one attached hydrogen (secondary N) is 1. The lowest BCUT2D eigenvalue weighted by molar-refractivity contribution is -0.146. The molecule has 18 heavy (non-hydrogen) atoms. The largest absolute Gasteiger partial charge is 0.479 e. The van der Waals surface area contributed by atoms with Crippen LogP contribution in [0, 0.1) is 0 Å². The summed E-state index contributed by atoms with van der Waals surface area (Å²) in [6, 6.07) is -0.145. The van der Waals surface area contributed by atoms with Crippen molar-refractivity contribution in [2.24, 2.45) is 0 Å². The molecule has 1 aliphatic rings. The zero-order chi connectivity index (χ0) is 13.5. The Labute approximate surface area is 105 Å². The number of aliphatic hydroxyl groups is 2. The Morgan fingerprint density at radius 1 is 1.39 bits per heavy atom. The Balaban J connectivity index is 2.30. The van der Waals surface area contributed by atoms with Gasteiger partial charge in [-0.15, -0.1) is 0 Å².